The van der Waals surface area contributed by atoms with E-state index < -0.39 is 36.1 Å². The standard InChI is InChI=1S/C22H29N3O5/c1-3-16(17-9-5-4-6-10-17)13-23-19(27)15(2)30-18(26)14-25-20(28)22(24-21(25)29)11-7-8-12-22/h4-6,9-10,15-16H,3,7-8,11-14H2,1-2H3,(H,23,27)(H,24,29)/t15-,16-/m1/s1. The number of rotatable bonds is 8. The minimum atomic E-state index is -1.02. The van der Waals surface area contributed by atoms with Crippen molar-refractivity contribution >= 4 is 23.8 Å². The number of ether oxygens (including phenoxy) is 1. The maximum Gasteiger partial charge on any atom is 0.327 e. The quantitative estimate of drug-likeness (QED) is 0.500. The van der Waals surface area contributed by atoms with Crippen molar-refractivity contribution in [2.75, 3.05) is 13.1 Å². The van der Waals surface area contributed by atoms with E-state index in [4.69, 9.17) is 4.74 Å². The highest BCUT2D eigenvalue weighted by Gasteiger charge is 2.52. The minimum Gasteiger partial charge on any atom is -0.451 e. The fourth-order valence-corrected chi connectivity index (χ4v) is 4.14. The predicted molar refractivity (Wildman–Crippen MR) is 109 cm³/mol. The molecule has 1 aromatic carbocycles. The molecule has 1 heterocycles. The molecule has 0 bridgehead atoms. The largest absolute Gasteiger partial charge is 0.451 e. The molecule has 8 heteroatoms. The Balaban J connectivity index is 1.48. The average molecular weight is 415 g/mol. The number of carbonyl (C=O) groups is 4. The molecule has 2 N–H and O–H groups in total. The van der Waals surface area contributed by atoms with Crippen molar-refractivity contribution in [3.05, 3.63) is 35.9 Å². The number of urea groups is 1. The first kappa shape index (κ1) is 21.8. The van der Waals surface area contributed by atoms with Gasteiger partial charge in [-0.25, -0.2) is 4.79 Å². The Morgan fingerprint density at radius 3 is 2.50 bits per heavy atom. The lowest BCUT2D eigenvalue weighted by Crippen LogP contribution is -2.45. The molecule has 8 nitrogen and oxygen atoms in total. The fourth-order valence-electron chi connectivity index (χ4n) is 4.14. The van der Waals surface area contributed by atoms with E-state index >= 15 is 0 Å². The molecule has 1 spiro atoms. The molecule has 0 aromatic heterocycles. The van der Waals surface area contributed by atoms with Crippen LogP contribution in [0.25, 0.3) is 0 Å². The van der Waals surface area contributed by atoms with Gasteiger partial charge in [-0.1, -0.05) is 50.1 Å². The third kappa shape index (κ3) is 4.63. The van der Waals surface area contributed by atoms with Crippen molar-refractivity contribution in [3.8, 4) is 0 Å². The molecule has 30 heavy (non-hydrogen) atoms. The Bertz CT molecular complexity index is 804. The highest BCUT2D eigenvalue weighted by molar-refractivity contribution is 6.08. The van der Waals surface area contributed by atoms with Crippen LogP contribution >= 0.6 is 0 Å². The number of nitrogens with one attached hydrogen (secondary N) is 2. The average Bonchev–Trinajstić information content (AvgIpc) is 3.29. The molecule has 2 fully saturated rings. The van der Waals surface area contributed by atoms with Crippen LogP contribution in [0.3, 0.4) is 0 Å². The molecule has 0 unspecified atom stereocenters. The summed E-state index contributed by atoms with van der Waals surface area (Å²) in [5, 5.41) is 5.53. The van der Waals surface area contributed by atoms with E-state index in [1.165, 1.54) is 6.92 Å². The smallest absolute Gasteiger partial charge is 0.327 e. The number of nitrogens with zero attached hydrogens (tertiary/aromatic N) is 1. The van der Waals surface area contributed by atoms with E-state index in [9.17, 15) is 19.2 Å². The van der Waals surface area contributed by atoms with E-state index in [0.29, 0.717) is 19.4 Å². The van der Waals surface area contributed by atoms with Crippen LogP contribution in [0.5, 0.6) is 0 Å². The van der Waals surface area contributed by atoms with E-state index in [0.717, 1.165) is 29.7 Å². The van der Waals surface area contributed by atoms with Crippen LogP contribution < -0.4 is 10.6 Å². The van der Waals surface area contributed by atoms with Gasteiger partial charge in [0.2, 0.25) is 0 Å². The summed E-state index contributed by atoms with van der Waals surface area (Å²) in [5.41, 5.74) is 0.261. The Morgan fingerprint density at radius 2 is 1.87 bits per heavy atom. The molecule has 1 aliphatic heterocycles. The highest BCUT2D eigenvalue weighted by Crippen LogP contribution is 2.34. The lowest BCUT2D eigenvalue weighted by Gasteiger charge is -2.20. The van der Waals surface area contributed by atoms with Gasteiger partial charge in [-0.2, -0.15) is 0 Å². The third-order valence-electron chi connectivity index (χ3n) is 5.95. The van der Waals surface area contributed by atoms with Gasteiger partial charge in [0.05, 0.1) is 0 Å². The Morgan fingerprint density at radius 1 is 1.20 bits per heavy atom. The molecule has 1 aromatic rings. The predicted octanol–water partition coefficient (Wildman–Crippen LogP) is 2.09. The molecule has 1 saturated heterocycles. The molecule has 3 rings (SSSR count). The van der Waals surface area contributed by atoms with Crippen LogP contribution in [-0.2, 0) is 19.1 Å². The van der Waals surface area contributed by atoms with Gasteiger partial charge in [-0.15, -0.1) is 0 Å². The van der Waals surface area contributed by atoms with Crippen LogP contribution in [0.4, 0.5) is 4.79 Å². The number of hydrogen-bond donors (Lipinski definition) is 2. The lowest BCUT2D eigenvalue weighted by atomic mass is 9.96. The maximum absolute atomic E-state index is 12.6. The zero-order valence-corrected chi connectivity index (χ0v) is 17.5. The van der Waals surface area contributed by atoms with Gasteiger partial charge in [0.1, 0.15) is 12.1 Å². The lowest BCUT2D eigenvalue weighted by molar-refractivity contribution is -0.156. The zero-order valence-electron chi connectivity index (χ0n) is 17.5. The van der Waals surface area contributed by atoms with Crippen molar-refractivity contribution in [1.29, 1.82) is 0 Å². The summed E-state index contributed by atoms with van der Waals surface area (Å²) in [6.07, 6.45) is 2.73. The molecule has 0 radical (unpaired) electrons. The Hall–Kier alpha value is -2.90. The molecule has 162 valence electrons. The van der Waals surface area contributed by atoms with Crippen LogP contribution in [0.15, 0.2) is 30.3 Å². The monoisotopic (exact) mass is 415 g/mol. The summed E-state index contributed by atoms with van der Waals surface area (Å²) < 4.78 is 5.17. The summed E-state index contributed by atoms with van der Waals surface area (Å²) in [4.78, 5) is 50.2. The molecular formula is C22H29N3O5. The molecule has 4 amide bonds. The number of carbonyl (C=O) groups excluding carboxylic acids is 4. The summed E-state index contributed by atoms with van der Waals surface area (Å²) >= 11 is 0. The fraction of sp³-hybridized carbons (Fsp3) is 0.545. The second-order valence-electron chi connectivity index (χ2n) is 8.00. The molecule has 1 aliphatic carbocycles. The Kier molecular flexibility index (Phi) is 6.74. The number of amides is 4. The van der Waals surface area contributed by atoms with Gasteiger partial charge < -0.3 is 15.4 Å². The van der Waals surface area contributed by atoms with E-state index in [2.05, 4.69) is 10.6 Å². The van der Waals surface area contributed by atoms with Crippen molar-refractivity contribution in [3.63, 3.8) is 0 Å². The van der Waals surface area contributed by atoms with Gasteiger partial charge in [-0.05, 0) is 31.7 Å². The minimum absolute atomic E-state index is 0.159. The second-order valence-corrected chi connectivity index (χ2v) is 8.00. The topological polar surface area (TPSA) is 105 Å². The van der Waals surface area contributed by atoms with Crippen LogP contribution in [0, 0.1) is 0 Å². The van der Waals surface area contributed by atoms with Crippen molar-refractivity contribution in [2.24, 2.45) is 0 Å². The molecule has 2 aliphatic rings. The van der Waals surface area contributed by atoms with Gasteiger partial charge >= 0.3 is 12.0 Å². The first-order chi connectivity index (χ1) is 14.4. The Labute approximate surface area is 176 Å². The normalized spacial score (nSPS) is 19.5. The zero-order chi connectivity index (χ0) is 21.7. The third-order valence-corrected chi connectivity index (χ3v) is 5.95. The van der Waals surface area contributed by atoms with E-state index in [-0.39, 0.29) is 11.8 Å². The number of imide groups is 1. The van der Waals surface area contributed by atoms with Crippen molar-refractivity contribution in [2.45, 2.75) is 63.5 Å². The maximum atomic E-state index is 12.6. The van der Waals surface area contributed by atoms with Crippen LogP contribution in [0.1, 0.15) is 57.4 Å². The van der Waals surface area contributed by atoms with E-state index in [1.54, 1.807) is 0 Å². The van der Waals surface area contributed by atoms with Gasteiger partial charge in [0, 0.05) is 12.5 Å². The second kappa shape index (κ2) is 9.28. The first-order valence-corrected chi connectivity index (χ1v) is 10.5. The number of esters is 1. The number of benzene rings is 1. The van der Waals surface area contributed by atoms with Crippen LogP contribution in [-0.4, -0.2) is 53.4 Å². The van der Waals surface area contributed by atoms with Gasteiger partial charge in [0.25, 0.3) is 11.8 Å². The van der Waals surface area contributed by atoms with Gasteiger partial charge in [-0.3, -0.25) is 19.3 Å². The van der Waals surface area contributed by atoms with Gasteiger partial charge in [0.15, 0.2) is 6.10 Å². The summed E-state index contributed by atoms with van der Waals surface area (Å²) in [6.45, 7) is 3.45. The van der Waals surface area contributed by atoms with E-state index in [1.807, 2.05) is 37.3 Å². The molecule has 2 atom stereocenters. The molecular weight excluding hydrogens is 386 g/mol. The van der Waals surface area contributed by atoms with Crippen molar-refractivity contribution < 1.29 is 23.9 Å². The first-order valence-electron chi connectivity index (χ1n) is 10.5. The summed E-state index contributed by atoms with van der Waals surface area (Å²) in [6, 6.07) is 9.30. The van der Waals surface area contributed by atoms with Crippen molar-refractivity contribution in [1.82, 2.24) is 15.5 Å². The summed E-state index contributed by atoms with van der Waals surface area (Å²) in [7, 11) is 0. The molecule has 1 saturated carbocycles. The number of hydrogen-bond acceptors (Lipinski definition) is 5. The van der Waals surface area contributed by atoms with Crippen LogP contribution in [0.2, 0.25) is 0 Å². The SMILES string of the molecule is CC[C@H](CNC(=O)[C@@H](C)OC(=O)CN1C(=O)NC2(CCCC2)C1=O)c1ccccc1. The highest BCUT2D eigenvalue weighted by atomic mass is 16.5. The summed E-state index contributed by atoms with van der Waals surface area (Å²) in [5.74, 6) is -1.42.